The summed E-state index contributed by atoms with van der Waals surface area (Å²) in [6.45, 7) is 0.802. The molecule has 2 aromatic carbocycles. The van der Waals surface area contributed by atoms with Crippen LogP contribution in [0.1, 0.15) is 23.4 Å². The molecule has 0 atom stereocenters. The van der Waals surface area contributed by atoms with Crippen molar-refractivity contribution < 1.29 is 13.2 Å². The zero-order valence-electron chi connectivity index (χ0n) is 16.2. The lowest BCUT2D eigenvalue weighted by Gasteiger charge is -2.29. The first-order valence-corrected chi connectivity index (χ1v) is 12.2. The van der Waals surface area contributed by atoms with Crippen LogP contribution in [0, 0.1) is 5.92 Å². The van der Waals surface area contributed by atoms with Crippen LogP contribution in [-0.4, -0.2) is 43.0 Å². The van der Waals surface area contributed by atoms with E-state index in [1.165, 1.54) is 15.3 Å². The third-order valence-electron chi connectivity index (χ3n) is 5.21. The molecular weight excluding hydrogens is 406 g/mol. The van der Waals surface area contributed by atoms with Crippen LogP contribution < -0.4 is 5.32 Å². The number of amides is 1. The Labute approximate surface area is 174 Å². The van der Waals surface area contributed by atoms with Gasteiger partial charge in [-0.05, 0) is 42.7 Å². The molecule has 29 heavy (non-hydrogen) atoms. The summed E-state index contributed by atoms with van der Waals surface area (Å²) in [4.78, 5) is 17.2. The Morgan fingerprint density at radius 1 is 1.14 bits per heavy atom. The van der Waals surface area contributed by atoms with Crippen molar-refractivity contribution in [3.05, 3.63) is 59.1 Å². The molecule has 3 aromatic rings. The molecule has 1 N–H and O–H groups in total. The molecule has 1 aliphatic rings. The average Bonchev–Trinajstić information content (AvgIpc) is 3.11. The number of hydrogen-bond donors (Lipinski definition) is 1. The molecule has 1 fully saturated rings. The maximum Gasteiger partial charge on any atom is 0.227 e. The van der Waals surface area contributed by atoms with Gasteiger partial charge in [0.15, 0.2) is 0 Å². The summed E-state index contributed by atoms with van der Waals surface area (Å²) in [7, 11) is -3.18. The van der Waals surface area contributed by atoms with E-state index in [1.54, 1.807) is 11.3 Å². The molecule has 8 heteroatoms. The van der Waals surface area contributed by atoms with Gasteiger partial charge in [0.25, 0.3) is 0 Å². The monoisotopic (exact) mass is 429 g/mol. The molecule has 0 bridgehead atoms. The molecule has 4 rings (SSSR count). The van der Waals surface area contributed by atoms with E-state index in [1.807, 2.05) is 42.5 Å². The summed E-state index contributed by atoms with van der Waals surface area (Å²) in [5.74, 6) is -0.201. The Balaban J connectivity index is 1.34. The smallest absolute Gasteiger partial charge is 0.227 e. The topological polar surface area (TPSA) is 79.4 Å². The van der Waals surface area contributed by atoms with Gasteiger partial charge < -0.3 is 5.32 Å². The van der Waals surface area contributed by atoms with Crippen molar-refractivity contribution in [3.63, 3.8) is 0 Å². The van der Waals surface area contributed by atoms with Gasteiger partial charge in [0.05, 0.1) is 21.5 Å². The number of sulfonamides is 1. The molecule has 1 aliphatic heterocycles. The number of para-hydroxylation sites is 1. The Morgan fingerprint density at radius 3 is 2.48 bits per heavy atom. The number of thiazole rings is 1. The van der Waals surface area contributed by atoms with Crippen molar-refractivity contribution in [2.45, 2.75) is 19.3 Å². The van der Waals surface area contributed by atoms with E-state index in [-0.39, 0.29) is 11.8 Å². The second-order valence-electron chi connectivity index (χ2n) is 7.37. The molecule has 0 saturated carbocycles. The fourth-order valence-corrected chi connectivity index (χ4v) is 5.45. The molecule has 0 radical (unpaired) electrons. The van der Waals surface area contributed by atoms with E-state index in [2.05, 4.69) is 16.4 Å². The van der Waals surface area contributed by atoms with Crippen molar-refractivity contribution in [1.82, 2.24) is 9.29 Å². The third kappa shape index (κ3) is 4.83. The van der Waals surface area contributed by atoms with Gasteiger partial charge in [-0.25, -0.2) is 17.7 Å². The van der Waals surface area contributed by atoms with Gasteiger partial charge in [-0.15, -0.1) is 11.3 Å². The second-order valence-corrected chi connectivity index (χ2v) is 10.5. The fraction of sp³-hybridized carbons (Fsp3) is 0.333. The standard InChI is InChI=1S/C21H23N3O3S2/c1-29(26,27)24-12-10-16(11-13-24)21(25)22-17-8-6-15(7-9-17)14-20-23-18-4-2-3-5-19(18)28-20/h2-9,16H,10-14H2,1H3,(H,22,25). The van der Waals surface area contributed by atoms with Gasteiger partial charge in [0.1, 0.15) is 0 Å². The number of anilines is 1. The van der Waals surface area contributed by atoms with E-state index in [0.29, 0.717) is 25.9 Å². The molecule has 6 nitrogen and oxygen atoms in total. The molecule has 0 aliphatic carbocycles. The molecule has 0 spiro atoms. The van der Waals surface area contributed by atoms with E-state index in [4.69, 9.17) is 0 Å². The first-order chi connectivity index (χ1) is 13.9. The van der Waals surface area contributed by atoms with E-state index < -0.39 is 10.0 Å². The first-order valence-electron chi connectivity index (χ1n) is 9.58. The van der Waals surface area contributed by atoms with E-state index in [0.717, 1.165) is 28.2 Å². The number of hydrogen-bond acceptors (Lipinski definition) is 5. The van der Waals surface area contributed by atoms with Gasteiger partial charge >= 0.3 is 0 Å². The van der Waals surface area contributed by atoms with Crippen molar-refractivity contribution in [1.29, 1.82) is 0 Å². The van der Waals surface area contributed by atoms with Crippen LogP contribution in [-0.2, 0) is 21.2 Å². The van der Waals surface area contributed by atoms with E-state index >= 15 is 0 Å². The summed E-state index contributed by atoms with van der Waals surface area (Å²) in [6.07, 6.45) is 3.07. The number of rotatable bonds is 5. The quantitative estimate of drug-likeness (QED) is 0.673. The Morgan fingerprint density at radius 2 is 1.83 bits per heavy atom. The van der Waals surface area contributed by atoms with Crippen LogP contribution in [0.2, 0.25) is 0 Å². The number of aromatic nitrogens is 1. The molecule has 1 amide bonds. The minimum absolute atomic E-state index is 0.0444. The average molecular weight is 430 g/mol. The summed E-state index contributed by atoms with van der Waals surface area (Å²) < 4.78 is 25.8. The van der Waals surface area contributed by atoms with Gasteiger partial charge in [0.2, 0.25) is 15.9 Å². The van der Waals surface area contributed by atoms with Crippen LogP contribution >= 0.6 is 11.3 Å². The second kappa shape index (κ2) is 8.22. The summed E-state index contributed by atoms with van der Waals surface area (Å²) >= 11 is 1.70. The van der Waals surface area contributed by atoms with Crippen molar-refractivity contribution in [3.8, 4) is 0 Å². The Kier molecular flexibility index (Phi) is 5.67. The van der Waals surface area contributed by atoms with Gasteiger partial charge in [0, 0.05) is 31.1 Å². The molecule has 1 aromatic heterocycles. The molecule has 0 unspecified atom stereocenters. The lowest BCUT2D eigenvalue weighted by molar-refractivity contribution is -0.120. The highest BCUT2D eigenvalue weighted by molar-refractivity contribution is 7.88. The zero-order valence-corrected chi connectivity index (χ0v) is 17.8. The molecule has 1 saturated heterocycles. The minimum atomic E-state index is -3.18. The summed E-state index contributed by atoms with van der Waals surface area (Å²) in [5.41, 5.74) is 2.93. The van der Waals surface area contributed by atoms with Gasteiger partial charge in [-0.2, -0.15) is 0 Å². The first kappa shape index (κ1) is 20.0. The number of nitrogens with zero attached hydrogens (tertiary/aromatic N) is 2. The highest BCUT2D eigenvalue weighted by atomic mass is 32.2. The highest BCUT2D eigenvalue weighted by Gasteiger charge is 2.28. The van der Waals surface area contributed by atoms with Crippen molar-refractivity contribution in [2.24, 2.45) is 5.92 Å². The number of nitrogens with one attached hydrogen (secondary N) is 1. The predicted octanol–water partition coefficient (Wildman–Crippen LogP) is 3.50. The maximum atomic E-state index is 12.5. The van der Waals surface area contributed by atoms with Crippen LogP contribution in [0.4, 0.5) is 5.69 Å². The number of benzene rings is 2. The Bertz CT molecular complexity index is 1080. The van der Waals surface area contributed by atoms with Crippen molar-refractivity contribution >= 4 is 43.2 Å². The Hall–Kier alpha value is -2.29. The number of carbonyl (C=O) groups is 1. The normalized spacial score (nSPS) is 16.2. The van der Waals surface area contributed by atoms with E-state index in [9.17, 15) is 13.2 Å². The van der Waals surface area contributed by atoms with Crippen LogP contribution in [0.15, 0.2) is 48.5 Å². The summed E-state index contributed by atoms with van der Waals surface area (Å²) in [5, 5.41) is 4.03. The zero-order chi connectivity index (χ0) is 20.4. The predicted molar refractivity (Wildman–Crippen MR) is 117 cm³/mol. The highest BCUT2D eigenvalue weighted by Crippen LogP contribution is 2.25. The number of carbonyl (C=O) groups excluding carboxylic acids is 1. The third-order valence-corrected chi connectivity index (χ3v) is 7.55. The molecule has 2 heterocycles. The lowest BCUT2D eigenvalue weighted by atomic mass is 9.97. The van der Waals surface area contributed by atoms with Crippen LogP contribution in [0.5, 0.6) is 0 Å². The molecular formula is C21H23N3O3S2. The SMILES string of the molecule is CS(=O)(=O)N1CCC(C(=O)Nc2ccc(Cc3nc4ccccc4s3)cc2)CC1. The molecule has 152 valence electrons. The number of piperidine rings is 1. The lowest BCUT2D eigenvalue weighted by Crippen LogP contribution is -2.40. The van der Waals surface area contributed by atoms with Crippen LogP contribution in [0.25, 0.3) is 10.2 Å². The van der Waals surface area contributed by atoms with Crippen molar-refractivity contribution in [2.75, 3.05) is 24.7 Å². The largest absolute Gasteiger partial charge is 0.326 e. The summed E-state index contributed by atoms with van der Waals surface area (Å²) in [6, 6.07) is 15.9. The fourth-order valence-electron chi connectivity index (χ4n) is 3.57. The number of fused-ring (bicyclic) bond motifs is 1. The van der Waals surface area contributed by atoms with Crippen LogP contribution in [0.3, 0.4) is 0 Å². The minimum Gasteiger partial charge on any atom is -0.326 e. The van der Waals surface area contributed by atoms with Gasteiger partial charge in [-0.1, -0.05) is 24.3 Å². The maximum absolute atomic E-state index is 12.5. The van der Waals surface area contributed by atoms with Gasteiger partial charge in [-0.3, -0.25) is 4.79 Å².